The summed E-state index contributed by atoms with van der Waals surface area (Å²) in [7, 11) is 0. The lowest BCUT2D eigenvalue weighted by Gasteiger charge is -2.12. The number of carbonyl (C=O) groups excluding carboxylic acids is 1. The molecule has 0 aliphatic rings. The van der Waals surface area contributed by atoms with E-state index in [1.807, 2.05) is 24.3 Å². The molecule has 0 saturated carbocycles. The van der Waals surface area contributed by atoms with Gasteiger partial charge in [0.05, 0.1) is 9.50 Å². The molecule has 0 atom stereocenters. The van der Waals surface area contributed by atoms with Crippen molar-refractivity contribution in [1.82, 2.24) is 0 Å². The molecule has 0 aliphatic carbocycles. The Morgan fingerprint density at radius 3 is 2.57 bits per heavy atom. The molecule has 2 nitrogen and oxygen atoms in total. The van der Waals surface area contributed by atoms with E-state index in [0.717, 1.165) is 16.3 Å². The normalized spacial score (nSPS) is 10.7. The first-order valence-corrected chi connectivity index (χ1v) is 8.39. The van der Waals surface area contributed by atoms with Gasteiger partial charge >= 0.3 is 0 Å². The Bertz CT molecular complexity index is 865. The van der Waals surface area contributed by atoms with E-state index in [0.29, 0.717) is 27.4 Å². The molecule has 0 spiro atoms. The van der Waals surface area contributed by atoms with Gasteiger partial charge in [0.1, 0.15) is 6.61 Å². The minimum Gasteiger partial charge on any atom is -0.486 e. The number of benzene rings is 3. The Kier molecular flexibility index (Phi) is 4.90. The van der Waals surface area contributed by atoms with Gasteiger partial charge in [0.2, 0.25) is 0 Å². The molecule has 0 unspecified atom stereocenters. The van der Waals surface area contributed by atoms with Crippen molar-refractivity contribution in [2.75, 3.05) is 0 Å². The van der Waals surface area contributed by atoms with Crippen molar-refractivity contribution in [3.05, 3.63) is 75.2 Å². The van der Waals surface area contributed by atoms with Crippen LogP contribution in [0.25, 0.3) is 10.8 Å². The molecule has 0 fully saturated rings. The van der Waals surface area contributed by atoms with Gasteiger partial charge in [-0.05, 0) is 56.0 Å². The first kappa shape index (κ1) is 16.3. The Morgan fingerprint density at radius 2 is 1.83 bits per heavy atom. The molecule has 5 heteroatoms. The minimum atomic E-state index is -0.562. The van der Waals surface area contributed by atoms with Crippen LogP contribution >= 0.6 is 39.1 Å². The molecular weight excluding hydrogens is 399 g/mol. The molecule has 0 bridgehead atoms. The molecule has 0 N–H and O–H groups in total. The number of hydrogen-bond donors (Lipinski definition) is 0. The van der Waals surface area contributed by atoms with Crippen LogP contribution in [0.1, 0.15) is 15.9 Å². The molecular formula is C18H11BrCl2O2. The van der Waals surface area contributed by atoms with E-state index in [1.165, 1.54) is 6.07 Å². The van der Waals surface area contributed by atoms with Crippen LogP contribution in [0, 0.1) is 0 Å². The Balaban J connectivity index is 1.90. The third-order valence-electron chi connectivity index (χ3n) is 3.48. The van der Waals surface area contributed by atoms with Crippen molar-refractivity contribution in [3.8, 4) is 5.75 Å². The van der Waals surface area contributed by atoms with E-state index in [4.69, 9.17) is 27.9 Å². The van der Waals surface area contributed by atoms with Crippen LogP contribution in [-0.2, 0) is 6.61 Å². The van der Waals surface area contributed by atoms with Crippen LogP contribution in [0.4, 0.5) is 0 Å². The van der Waals surface area contributed by atoms with E-state index in [2.05, 4.69) is 34.1 Å². The summed E-state index contributed by atoms with van der Waals surface area (Å²) < 4.78 is 6.46. The summed E-state index contributed by atoms with van der Waals surface area (Å²) in [6.45, 7) is 0.369. The van der Waals surface area contributed by atoms with E-state index in [-0.39, 0.29) is 0 Å². The van der Waals surface area contributed by atoms with Crippen molar-refractivity contribution in [3.63, 3.8) is 0 Å². The van der Waals surface area contributed by atoms with Crippen LogP contribution < -0.4 is 4.74 Å². The van der Waals surface area contributed by atoms with Gasteiger partial charge in [-0.2, -0.15) is 0 Å². The third kappa shape index (κ3) is 3.52. The zero-order chi connectivity index (χ0) is 16.4. The molecule has 0 saturated heterocycles. The molecule has 0 amide bonds. The monoisotopic (exact) mass is 408 g/mol. The van der Waals surface area contributed by atoms with Crippen LogP contribution in [-0.4, -0.2) is 5.24 Å². The lowest BCUT2D eigenvalue weighted by Crippen LogP contribution is -1.99. The first-order chi connectivity index (χ1) is 11.1. The second-order valence-corrected chi connectivity index (χ2v) is 6.57. The maximum absolute atomic E-state index is 11.2. The highest BCUT2D eigenvalue weighted by Gasteiger charge is 2.13. The Hall–Kier alpha value is -1.55. The number of ether oxygens (including phenoxy) is 1. The zero-order valence-electron chi connectivity index (χ0n) is 11.9. The quantitative estimate of drug-likeness (QED) is 0.478. The van der Waals surface area contributed by atoms with E-state index < -0.39 is 5.24 Å². The number of fused-ring (bicyclic) bond motifs is 1. The zero-order valence-corrected chi connectivity index (χ0v) is 15.0. The molecule has 0 radical (unpaired) electrons. The minimum absolute atomic E-state index is 0.320. The molecule has 0 aromatic heterocycles. The van der Waals surface area contributed by atoms with Gasteiger partial charge in [-0.3, -0.25) is 4.79 Å². The predicted octanol–water partition coefficient (Wildman–Crippen LogP) is 6.21. The Labute approximate surface area is 152 Å². The number of hydrogen-bond acceptors (Lipinski definition) is 2. The van der Waals surface area contributed by atoms with Gasteiger partial charge < -0.3 is 4.74 Å². The Morgan fingerprint density at radius 1 is 1.09 bits per heavy atom. The number of halogens is 3. The number of rotatable bonds is 4. The average molecular weight is 410 g/mol. The average Bonchev–Trinajstić information content (AvgIpc) is 2.54. The fourth-order valence-corrected chi connectivity index (χ4v) is 3.45. The van der Waals surface area contributed by atoms with Crippen LogP contribution in [0.15, 0.2) is 59.1 Å². The van der Waals surface area contributed by atoms with E-state index in [1.54, 1.807) is 6.07 Å². The highest BCUT2D eigenvalue weighted by Crippen LogP contribution is 2.35. The fourth-order valence-electron chi connectivity index (χ4n) is 2.38. The summed E-state index contributed by atoms with van der Waals surface area (Å²) in [5, 5.41) is 2.06. The SMILES string of the molecule is O=C(Cl)c1cc(Cl)c(OCc2cccc3ccccc23)c(Br)c1. The summed E-state index contributed by atoms with van der Waals surface area (Å²) in [5.41, 5.74) is 1.38. The highest BCUT2D eigenvalue weighted by molar-refractivity contribution is 9.10. The maximum Gasteiger partial charge on any atom is 0.252 e. The highest BCUT2D eigenvalue weighted by atomic mass is 79.9. The molecule has 0 heterocycles. The maximum atomic E-state index is 11.2. The first-order valence-electron chi connectivity index (χ1n) is 6.84. The van der Waals surface area contributed by atoms with Crippen molar-refractivity contribution in [2.45, 2.75) is 6.61 Å². The second-order valence-electron chi connectivity index (χ2n) is 4.97. The summed E-state index contributed by atoms with van der Waals surface area (Å²) in [5.74, 6) is 0.487. The van der Waals surface area contributed by atoms with Gasteiger partial charge in [-0.25, -0.2) is 0 Å². The van der Waals surface area contributed by atoms with Gasteiger partial charge in [0, 0.05) is 5.56 Å². The lowest BCUT2D eigenvalue weighted by molar-refractivity contribution is 0.108. The summed E-state index contributed by atoms with van der Waals surface area (Å²) in [6.07, 6.45) is 0. The number of carbonyl (C=O) groups is 1. The van der Waals surface area contributed by atoms with Crippen molar-refractivity contribution >= 4 is 55.1 Å². The van der Waals surface area contributed by atoms with Gasteiger partial charge in [0.25, 0.3) is 5.24 Å². The smallest absolute Gasteiger partial charge is 0.252 e. The summed E-state index contributed by atoms with van der Waals surface area (Å²) in [4.78, 5) is 11.2. The summed E-state index contributed by atoms with van der Waals surface area (Å²) in [6, 6.07) is 17.3. The van der Waals surface area contributed by atoms with Gasteiger partial charge in [-0.15, -0.1) is 0 Å². The third-order valence-corrected chi connectivity index (χ3v) is 4.57. The molecule has 3 rings (SSSR count). The fraction of sp³-hybridized carbons (Fsp3) is 0.0556. The van der Waals surface area contributed by atoms with Crippen molar-refractivity contribution < 1.29 is 9.53 Å². The molecule has 3 aromatic rings. The molecule has 0 aliphatic heterocycles. The lowest BCUT2D eigenvalue weighted by atomic mass is 10.1. The predicted molar refractivity (Wildman–Crippen MR) is 97.6 cm³/mol. The van der Waals surface area contributed by atoms with Crippen LogP contribution in [0.3, 0.4) is 0 Å². The van der Waals surface area contributed by atoms with E-state index in [9.17, 15) is 4.79 Å². The van der Waals surface area contributed by atoms with Crippen LogP contribution in [0.2, 0.25) is 5.02 Å². The molecule has 116 valence electrons. The molecule has 3 aromatic carbocycles. The topological polar surface area (TPSA) is 26.3 Å². The van der Waals surface area contributed by atoms with E-state index >= 15 is 0 Å². The largest absolute Gasteiger partial charge is 0.486 e. The van der Waals surface area contributed by atoms with Gasteiger partial charge in [-0.1, -0.05) is 54.1 Å². The van der Waals surface area contributed by atoms with Crippen molar-refractivity contribution in [2.24, 2.45) is 0 Å². The second kappa shape index (κ2) is 6.91. The standard InChI is InChI=1S/C18H11BrCl2O2/c19-15-8-13(18(21)22)9-16(20)17(15)23-10-12-6-3-5-11-4-1-2-7-14(11)12/h1-9H,10H2. The van der Waals surface area contributed by atoms with Gasteiger partial charge in [0.15, 0.2) is 5.75 Å². The summed E-state index contributed by atoms with van der Waals surface area (Å²) >= 11 is 15.0. The van der Waals surface area contributed by atoms with Crippen molar-refractivity contribution in [1.29, 1.82) is 0 Å². The molecule has 23 heavy (non-hydrogen) atoms. The van der Waals surface area contributed by atoms with Crippen LogP contribution in [0.5, 0.6) is 5.75 Å².